The Bertz CT molecular complexity index is 127. The van der Waals surface area contributed by atoms with Gasteiger partial charge in [-0.25, -0.2) is 0 Å². The van der Waals surface area contributed by atoms with Crippen LogP contribution in [0.4, 0.5) is 0 Å². The second kappa shape index (κ2) is 3.75. The van der Waals surface area contributed by atoms with Crippen LogP contribution in [0.2, 0.25) is 0 Å². The van der Waals surface area contributed by atoms with E-state index < -0.39 is 0 Å². The van der Waals surface area contributed by atoms with Crippen LogP contribution in [-0.2, 0) is 5.88 Å². The molecule has 1 aromatic heterocycles. The van der Waals surface area contributed by atoms with Gasteiger partial charge in [0, 0.05) is 11.9 Å². The summed E-state index contributed by atoms with van der Waals surface area (Å²) < 4.78 is 0. The number of nitrogens with one attached hydrogen (secondary N) is 1. The van der Waals surface area contributed by atoms with Gasteiger partial charge in [-0.05, 0) is 6.07 Å². The number of rotatable bonds is 1. The minimum absolute atomic E-state index is 0. The van der Waals surface area contributed by atoms with Gasteiger partial charge >= 0.3 is 0 Å². The van der Waals surface area contributed by atoms with Crippen molar-refractivity contribution < 1.29 is 0 Å². The highest BCUT2D eigenvalue weighted by Crippen LogP contribution is 1.94. The second-order valence-electron chi connectivity index (χ2n) is 1.22. The molecular weight excluding hydrogens is 147 g/mol. The molecule has 0 aromatic carbocycles. The van der Waals surface area contributed by atoms with Crippen LogP contribution in [0.1, 0.15) is 5.69 Å². The number of aromatic nitrogens is 2. The number of halogens is 2. The van der Waals surface area contributed by atoms with Gasteiger partial charge in [-0.1, -0.05) is 0 Å². The van der Waals surface area contributed by atoms with Crippen LogP contribution in [0.15, 0.2) is 12.3 Å². The minimum atomic E-state index is 0. The predicted octanol–water partition coefficient (Wildman–Crippen LogP) is 1.57. The van der Waals surface area contributed by atoms with Gasteiger partial charge in [0.1, 0.15) is 0 Å². The Morgan fingerprint density at radius 2 is 2.50 bits per heavy atom. The van der Waals surface area contributed by atoms with E-state index in [1.807, 2.05) is 6.07 Å². The normalized spacial score (nSPS) is 8.12. The van der Waals surface area contributed by atoms with Crippen molar-refractivity contribution >= 4 is 24.0 Å². The summed E-state index contributed by atoms with van der Waals surface area (Å²) >= 11 is 5.40. The molecule has 4 heteroatoms. The average molecular weight is 153 g/mol. The maximum atomic E-state index is 5.40. The van der Waals surface area contributed by atoms with Crippen molar-refractivity contribution in [2.24, 2.45) is 0 Å². The third kappa shape index (κ3) is 1.72. The molecule has 0 bridgehead atoms. The molecule has 1 heterocycles. The van der Waals surface area contributed by atoms with Gasteiger partial charge in [0.25, 0.3) is 0 Å². The molecule has 0 aliphatic heterocycles. The number of aromatic amines is 1. The summed E-state index contributed by atoms with van der Waals surface area (Å²) in [5.74, 6) is 0.514. The molecule has 46 valence electrons. The van der Waals surface area contributed by atoms with Crippen molar-refractivity contribution in [3.63, 3.8) is 0 Å². The lowest BCUT2D eigenvalue weighted by Gasteiger charge is -1.77. The quantitative estimate of drug-likeness (QED) is 0.609. The zero-order chi connectivity index (χ0) is 5.11. The van der Waals surface area contributed by atoms with E-state index in [2.05, 4.69) is 10.2 Å². The Labute approximate surface area is 58.6 Å². The van der Waals surface area contributed by atoms with Crippen molar-refractivity contribution in [2.45, 2.75) is 5.88 Å². The summed E-state index contributed by atoms with van der Waals surface area (Å²) in [4.78, 5) is 0. The van der Waals surface area contributed by atoms with E-state index in [0.29, 0.717) is 5.88 Å². The van der Waals surface area contributed by atoms with Gasteiger partial charge < -0.3 is 0 Å². The molecule has 0 amide bonds. The zero-order valence-corrected chi connectivity index (χ0v) is 5.67. The van der Waals surface area contributed by atoms with Gasteiger partial charge in [-0.2, -0.15) is 5.10 Å². The molecule has 2 nitrogen and oxygen atoms in total. The number of nitrogens with zero attached hydrogens (tertiary/aromatic N) is 1. The molecule has 0 spiro atoms. The second-order valence-corrected chi connectivity index (χ2v) is 1.48. The standard InChI is InChI=1S/C4H5ClN2.ClH/c5-3-4-1-2-6-7-4;/h1-2H,3H2,(H,6,7);1H. The topological polar surface area (TPSA) is 28.7 Å². The molecule has 0 atom stereocenters. The predicted molar refractivity (Wildman–Crippen MR) is 35.4 cm³/mol. The van der Waals surface area contributed by atoms with Crippen LogP contribution >= 0.6 is 24.0 Å². The summed E-state index contributed by atoms with van der Waals surface area (Å²) in [6.45, 7) is 0. The van der Waals surface area contributed by atoms with E-state index in [9.17, 15) is 0 Å². The lowest BCUT2D eigenvalue weighted by molar-refractivity contribution is 1.04. The van der Waals surface area contributed by atoms with Gasteiger partial charge in [0.15, 0.2) is 0 Å². The van der Waals surface area contributed by atoms with E-state index in [-0.39, 0.29) is 12.4 Å². The number of hydrogen-bond acceptors (Lipinski definition) is 1. The smallest absolute Gasteiger partial charge is 0.0641 e. The van der Waals surface area contributed by atoms with Crippen LogP contribution in [0.5, 0.6) is 0 Å². The third-order valence-corrected chi connectivity index (χ3v) is 0.990. The van der Waals surface area contributed by atoms with Crippen LogP contribution in [0.25, 0.3) is 0 Å². The molecular formula is C4H6Cl2N2. The molecule has 1 N–H and O–H groups in total. The van der Waals surface area contributed by atoms with Gasteiger partial charge in [0.2, 0.25) is 0 Å². The maximum absolute atomic E-state index is 5.40. The first kappa shape index (κ1) is 7.79. The zero-order valence-electron chi connectivity index (χ0n) is 4.10. The number of hydrogen-bond donors (Lipinski definition) is 1. The summed E-state index contributed by atoms with van der Waals surface area (Å²) in [6, 6.07) is 1.84. The molecule has 8 heavy (non-hydrogen) atoms. The highest BCUT2D eigenvalue weighted by atomic mass is 35.5. The van der Waals surface area contributed by atoms with Crippen molar-refractivity contribution in [1.29, 1.82) is 0 Å². The average Bonchev–Trinajstić information content (AvgIpc) is 2.14. The summed E-state index contributed by atoms with van der Waals surface area (Å²) in [5.41, 5.74) is 0.960. The highest BCUT2D eigenvalue weighted by Gasteiger charge is 1.84. The molecule has 0 saturated heterocycles. The molecule has 0 fully saturated rings. The van der Waals surface area contributed by atoms with E-state index in [1.54, 1.807) is 6.20 Å². The van der Waals surface area contributed by atoms with E-state index in [1.165, 1.54) is 0 Å². The first-order chi connectivity index (χ1) is 3.43. The Hall–Kier alpha value is -0.210. The van der Waals surface area contributed by atoms with Crippen molar-refractivity contribution in [2.75, 3.05) is 0 Å². The van der Waals surface area contributed by atoms with Crippen LogP contribution < -0.4 is 0 Å². The Balaban J connectivity index is 0.000000490. The maximum Gasteiger partial charge on any atom is 0.0641 e. The number of alkyl halides is 1. The molecule has 0 aliphatic rings. The fraction of sp³-hybridized carbons (Fsp3) is 0.250. The lowest BCUT2D eigenvalue weighted by Crippen LogP contribution is -1.73. The SMILES string of the molecule is Cl.ClCc1ccn[nH]1. The Morgan fingerprint density at radius 3 is 2.75 bits per heavy atom. The van der Waals surface area contributed by atoms with E-state index in [0.717, 1.165) is 5.69 Å². The molecule has 0 radical (unpaired) electrons. The lowest BCUT2D eigenvalue weighted by atomic mass is 10.5. The van der Waals surface area contributed by atoms with Gasteiger partial charge in [0.05, 0.1) is 5.88 Å². The fourth-order valence-electron chi connectivity index (χ4n) is 0.359. The van der Waals surface area contributed by atoms with Crippen LogP contribution in [0.3, 0.4) is 0 Å². The first-order valence-corrected chi connectivity index (χ1v) is 2.51. The molecule has 1 rings (SSSR count). The summed E-state index contributed by atoms with van der Waals surface area (Å²) in [5, 5.41) is 6.39. The largest absolute Gasteiger partial charge is 0.281 e. The first-order valence-electron chi connectivity index (χ1n) is 1.97. The third-order valence-electron chi connectivity index (χ3n) is 0.702. The monoisotopic (exact) mass is 152 g/mol. The Morgan fingerprint density at radius 1 is 1.75 bits per heavy atom. The van der Waals surface area contributed by atoms with Gasteiger partial charge in [-0.3, -0.25) is 5.10 Å². The van der Waals surface area contributed by atoms with Gasteiger partial charge in [-0.15, -0.1) is 24.0 Å². The highest BCUT2D eigenvalue weighted by molar-refractivity contribution is 6.16. The summed E-state index contributed by atoms with van der Waals surface area (Å²) in [7, 11) is 0. The molecule has 0 aliphatic carbocycles. The van der Waals surface area contributed by atoms with Crippen molar-refractivity contribution in [1.82, 2.24) is 10.2 Å². The number of H-pyrrole nitrogens is 1. The van der Waals surface area contributed by atoms with Crippen LogP contribution in [0, 0.1) is 0 Å². The Kier molecular flexibility index (Phi) is 3.65. The summed E-state index contributed by atoms with van der Waals surface area (Å²) in [6.07, 6.45) is 1.68. The van der Waals surface area contributed by atoms with Crippen molar-refractivity contribution in [3.8, 4) is 0 Å². The molecule has 0 saturated carbocycles. The molecule has 0 unspecified atom stereocenters. The fourth-order valence-corrected chi connectivity index (χ4v) is 0.508. The molecule has 1 aromatic rings. The minimum Gasteiger partial charge on any atom is -0.281 e. The van der Waals surface area contributed by atoms with E-state index in [4.69, 9.17) is 11.6 Å². The van der Waals surface area contributed by atoms with Crippen LogP contribution in [-0.4, -0.2) is 10.2 Å². The van der Waals surface area contributed by atoms with Crippen molar-refractivity contribution in [3.05, 3.63) is 18.0 Å². The van der Waals surface area contributed by atoms with E-state index >= 15 is 0 Å².